The van der Waals surface area contributed by atoms with Crippen molar-refractivity contribution in [3.8, 4) is 0 Å². The lowest BCUT2D eigenvalue weighted by atomic mass is 9.84. The number of hydrogen-bond donors (Lipinski definition) is 1. The van der Waals surface area contributed by atoms with Crippen LogP contribution < -0.4 is 5.32 Å². The Hall–Kier alpha value is -0.860. The summed E-state index contributed by atoms with van der Waals surface area (Å²) in [5.74, 6) is 0. The zero-order chi connectivity index (χ0) is 14.1. The van der Waals surface area contributed by atoms with Crippen LogP contribution in [0.4, 0.5) is 0 Å². The van der Waals surface area contributed by atoms with Crippen molar-refractivity contribution in [2.75, 3.05) is 13.7 Å². The van der Waals surface area contributed by atoms with Crippen molar-refractivity contribution in [1.82, 2.24) is 5.32 Å². The molecule has 19 heavy (non-hydrogen) atoms. The quantitative estimate of drug-likeness (QED) is 0.731. The van der Waals surface area contributed by atoms with E-state index < -0.39 is 0 Å². The van der Waals surface area contributed by atoms with Crippen molar-refractivity contribution in [2.45, 2.75) is 58.1 Å². The summed E-state index contributed by atoms with van der Waals surface area (Å²) < 4.78 is 5.91. The van der Waals surface area contributed by atoms with Gasteiger partial charge in [0.25, 0.3) is 0 Å². The standard InChI is InChI=1S/C17H29NO/c1-5-13-18-16(17(6-2,7-3)19-4)14-15-11-9-8-10-12-15/h8-12,16,18H,5-7,13-14H2,1-4H3. The van der Waals surface area contributed by atoms with Crippen LogP contribution in [0.2, 0.25) is 0 Å². The fourth-order valence-corrected chi connectivity index (χ4v) is 2.79. The van der Waals surface area contributed by atoms with Crippen LogP contribution in [-0.2, 0) is 11.2 Å². The predicted molar refractivity (Wildman–Crippen MR) is 82.5 cm³/mol. The third-order valence-electron chi connectivity index (χ3n) is 4.16. The second-order valence-corrected chi connectivity index (χ2v) is 5.17. The molecule has 0 amide bonds. The number of ether oxygens (including phenoxy) is 1. The van der Waals surface area contributed by atoms with E-state index in [2.05, 4.69) is 56.4 Å². The van der Waals surface area contributed by atoms with Crippen molar-refractivity contribution in [2.24, 2.45) is 0 Å². The first-order valence-electron chi connectivity index (χ1n) is 7.54. The maximum absolute atomic E-state index is 5.91. The lowest BCUT2D eigenvalue weighted by Crippen LogP contribution is -2.53. The Balaban J connectivity index is 2.86. The Morgan fingerprint density at radius 2 is 1.74 bits per heavy atom. The average Bonchev–Trinajstić information content (AvgIpc) is 2.48. The van der Waals surface area contributed by atoms with E-state index in [4.69, 9.17) is 4.74 Å². The van der Waals surface area contributed by atoms with Gasteiger partial charge in [-0.2, -0.15) is 0 Å². The Morgan fingerprint density at radius 1 is 1.11 bits per heavy atom. The molecule has 0 aliphatic heterocycles. The number of methoxy groups -OCH3 is 1. The van der Waals surface area contributed by atoms with Crippen molar-refractivity contribution in [3.05, 3.63) is 35.9 Å². The Kier molecular flexibility index (Phi) is 7.11. The highest BCUT2D eigenvalue weighted by Gasteiger charge is 2.35. The molecule has 1 rings (SSSR count). The van der Waals surface area contributed by atoms with E-state index in [9.17, 15) is 0 Å². The van der Waals surface area contributed by atoms with Crippen LogP contribution >= 0.6 is 0 Å². The molecule has 2 heteroatoms. The van der Waals surface area contributed by atoms with Crippen LogP contribution in [0.3, 0.4) is 0 Å². The maximum atomic E-state index is 5.91. The minimum Gasteiger partial charge on any atom is -0.377 e. The molecule has 1 unspecified atom stereocenters. The van der Waals surface area contributed by atoms with Gasteiger partial charge in [-0.15, -0.1) is 0 Å². The van der Waals surface area contributed by atoms with Gasteiger partial charge >= 0.3 is 0 Å². The van der Waals surface area contributed by atoms with Gasteiger partial charge in [-0.3, -0.25) is 0 Å². The van der Waals surface area contributed by atoms with Gasteiger partial charge in [-0.25, -0.2) is 0 Å². The van der Waals surface area contributed by atoms with Gasteiger partial charge in [0.2, 0.25) is 0 Å². The van der Waals surface area contributed by atoms with Gasteiger partial charge in [-0.1, -0.05) is 51.1 Å². The number of hydrogen-bond acceptors (Lipinski definition) is 2. The SMILES string of the molecule is CCCNC(Cc1ccccc1)C(CC)(CC)OC. The minimum absolute atomic E-state index is 0.0645. The first-order valence-corrected chi connectivity index (χ1v) is 7.54. The molecule has 0 aliphatic rings. The normalized spacial score (nSPS) is 13.5. The van der Waals surface area contributed by atoms with E-state index in [-0.39, 0.29) is 5.60 Å². The molecule has 0 aliphatic carbocycles. The highest BCUT2D eigenvalue weighted by molar-refractivity contribution is 5.17. The largest absolute Gasteiger partial charge is 0.377 e. The lowest BCUT2D eigenvalue weighted by molar-refractivity contribution is -0.0471. The summed E-state index contributed by atoms with van der Waals surface area (Å²) in [5.41, 5.74) is 1.31. The first-order chi connectivity index (χ1) is 9.22. The van der Waals surface area contributed by atoms with E-state index in [1.807, 2.05) is 7.11 Å². The van der Waals surface area contributed by atoms with Crippen LogP contribution in [0.5, 0.6) is 0 Å². The summed E-state index contributed by atoms with van der Waals surface area (Å²) >= 11 is 0. The van der Waals surface area contributed by atoms with Gasteiger partial charge in [0, 0.05) is 13.2 Å². The molecule has 0 saturated heterocycles. The minimum atomic E-state index is -0.0645. The molecule has 0 saturated carbocycles. The van der Waals surface area contributed by atoms with Crippen LogP contribution in [0, 0.1) is 0 Å². The molecule has 0 heterocycles. The summed E-state index contributed by atoms with van der Waals surface area (Å²) in [7, 11) is 1.85. The molecule has 1 aromatic carbocycles. The zero-order valence-electron chi connectivity index (χ0n) is 12.9. The van der Waals surface area contributed by atoms with Crippen LogP contribution in [-0.4, -0.2) is 25.3 Å². The molecule has 1 atom stereocenters. The summed E-state index contributed by atoms with van der Waals surface area (Å²) in [4.78, 5) is 0. The molecule has 0 fully saturated rings. The maximum Gasteiger partial charge on any atom is 0.0828 e. The zero-order valence-corrected chi connectivity index (χ0v) is 12.9. The second-order valence-electron chi connectivity index (χ2n) is 5.17. The second kappa shape index (κ2) is 8.34. The molecule has 0 radical (unpaired) electrons. The van der Waals surface area contributed by atoms with E-state index in [1.54, 1.807) is 0 Å². The van der Waals surface area contributed by atoms with Crippen LogP contribution in [0.15, 0.2) is 30.3 Å². The highest BCUT2D eigenvalue weighted by atomic mass is 16.5. The number of rotatable bonds is 9. The average molecular weight is 263 g/mol. The van der Waals surface area contributed by atoms with Gasteiger partial charge in [-0.05, 0) is 37.8 Å². The van der Waals surface area contributed by atoms with Crippen molar-refractivity contribution < 1.29 is 4.74 Å². The van der Waals surface area contributed by atoms with Crippen molar-refractivity contribution in [1.29, 1.82) is 0 Å². The van der Waals surface area contributed by atoms with Gasteiger partial charge < -0.3 is 10.1 Å². The van der Waals surface area contributed by atoms with Crippen LogP contribution in [0.1, 0.15) is 45.6 Å². The summed E-state index contributed by atoms with van der Waals surface area (Å²) in [6, 6.07) is 11.1. The summed E-state index contributed by atoms with van der Waals surface area (Å²) in [5, 5.41) is 3.69. The van der Waals surface area contributed by atoms with E-state index >= 15 is 0 Å². The molecular formula is C17H29NO. The molecule has 2 nitrogen and oxygen atoms in total. The fraction of sp³-hybridized carbons (Fsp3) is 0.647. The van der Waals surface area contributed by atoms with Gasteiger partial charge in [0.1, 0.15) is 0 Å². The Morgan fingerprint density at radius 3 is 2.21 bits per heavy atom. The van der Waals surface area contributed by atoms with E-state index in [0.29, 0.717) is 6.04 Å². The molecule has 0 spiro atoms. The summed E-state index contributed by atoms with van der Waals surface area (Å²) in [6.07, 6.45) is 4.25. The Labute approximate surface area is 118 Å². The monoisotopic (exact) mass is 263 g/mol. The summed E-state index contributed by atoms with van der Waals surface area (Å²) in [6.45, 7) is 7.69. The first kappa shape index (κ1) is 16.2. The molecule has 108 valence electrons. The van der Waals surface area contributed by atoms with Crippen molar-refractivity contribution in [3.63, 3.8) is 0 Å². The van der Waals surface area contributed by atoms with Crippen LogP contribution in [0.25, 0.3) is 0 Å². The highest BCUT2D eigenvalue weighted by Crippen LogP contribution is 2.26. The Bertz CT molecular complexity index is 324. The van der Waals surface area contributed by atoms with E-state index in [0.717, 1.165) is 32.2 Å². The fourth-order valence-electron chi connectivity index (χ4n) is 2.79. The van der Waals surface area contributed by atoms with Crippen molar-refractivity contribution >= 4 is 0 Å². The third-order valence-corrected chi connectivity index (χ3v) is 4.16. The predicted octanol–water partition coefficient (Wildman–Crippen LogP) is 3.80. The topological polar surface area (TPSA) is 21.3 Å². The van der Waals surface area contributed by atoms with E-state index in [1.165, 1.54) is 5.56 Å². The molecule has 0 aromatic heterocycles. The molecule has 1 N–H and O–H groups in total. The van der Waals surface area contributed by atoms with Gasteiger partial charge in [0.15, 0.2) is 0 Å². The molecule has 0 bridgehead atoms. The smallest absolute Gasteiger partial charge is 0.0828 e. The van der Waals surface area contributed by atoms with Gasteiger partial charge in [0.05, 0.1) is 5.60 Å². The molecular weight excluding hydrogens is 234 g/mol. The molecule has 1 aromatic rings. The number of benzene rings is 1. The third kappa shape index (κ3) is 4.32. The number of nitrogens with one attached hydrogen (secondary N) is 1. The lowest BCUT2D eigenvalue weighted by Gasteiger charge is -2.39.